The number of carbonyl (C=O) groups is 1. The summed E-state index contributed by atoms with van der Waals surface area (Å²) in [4.78, 5) is 26.1. The van der Waals surface area contributed by atoms with Gasteiger partial charge in [-0.3, -0.25) is 4.79 Å². The zero-order valence-corrected chi connectivity index (χ0v) is 16.9. The van der Waals surface area contributed by atoms with E-state index in [0.29, 0.717) is 18.9 Å². The Morgan fingerprint density at radius 2 is 1.93 bits per heavy atom. The zero-order valence-electron chi connectivity index (χ0n) is 16.0. The molecule has 0 saturated carbocycles. The van der Waals surface area contributed by atoms with E-state index in [4.69, 9.17) is 4.74 Å². The Bertz CT molecular complexity index is 845. The lowest BCUT2D eigenvalue weighted by Gasteiger charge is -2.35. The molecule has 0 radical (unpaired) electrons. The predicted molar refractivity (Wildman–Crippen MR) is 102 cm³/mol. The second-order valence-electron chi connectivity index (χ2n) is 6.94. The summed E-state index contributed by atoms with van der Waals surface area (Å²) in [6.07, 6.45) is -5.10. The van der Waals surface area contributed by atoms with E-state index in [9.17, 15) is 18.0 Å². The minimum absolute atomic E-state index is 0.0762. The summed E-state index contributed by atoms with van der Waals surface area (Å²) in [6, 6.07) is 2.34. The molecule has 2 aromatic heterocycles. The van der Waals surface area contributed by atoms with Gasteiger partial charge in [-0.2, -0.15) is 23.1 Å². The van der Waals surface area contributed by atoms with Crippen molar-refractivity contribution in [2.75, 3.05) is 31.1 Å². The van der Waals surface area contributed by atoms with Gasteiger partial charge in [0, 0.05) is 31.1 Å². The van der Waals surface area contributed by atoms with E-state index < -0.39 is 18.5 Å². The standard InChI is InChI=1S/C18H23F3N4O2S/c1-4-12-9-13-15(22-17(27-11(2)3)23-16(13)28-12)25-7-5-24(6-8-25)14(26)10-18(19,20)21/h9,11H,4-8,10H2,1-3H3. The highest BCUT2D eigenvalue weighted by molar-refractivity contribution is 7.18. The summed E-state index contributed by atoms with van der Waals surface area (Å²) in [5.41, 5.74) is 0. The maximum Gasteiger partial charge on any atom is 0.397 e. The summed E-state index contributed by atoms with van der Waals surface area (Å²) in [5.74, 6) is -0.174. The van der Waals surface area contributed by atoms with Gasteiger partial charge in [-0.15, -0.1) is 11.3 Å². The molecule has 154 valence electrons. The summed E-state index contributed by atoms with van der Waals surface area (Å²) in [6.45, 7) is 7.13. The van der Waals surface area contributed by atoms with E-state index in [1.807, 2.05) is 18.7 Å². The fourth-order valence-corrected chi connectivity index (χ4v) is 4.02. The van der Waals surface area contributed by atoms with E-state index in [-0.39, 0.29) is 25.2 Å². The average Bonchev–Trinajstić information content (AvgIpc) is 3.02. The number of alkyl halides is 3. The largest absolute Gasteiger partial charge is 0.461 e. The SMILES string of the molecule is CCc1cc2c(N3CCN(C(=O)CC(F)(F)F)CC3)nc(OC(C)C)nc2s1. The zero-order chi connectivity index (χ0) is 20.5. The Morgan fingerprint density at radius 1 is 1.25 bits per heavy atom. The van der Waals surface area contributed by atoms with Gasteiger partial charge in [0.15, 0.2) is 0 Å². The number of hydrogen-bond donors (Lipinski definition) is 0. The predicted octanol–water partition coefficient (Wildman–Crippen LogP) is 3.64. The van der Waals surface area contributed by atoms with Gasteiger partial charge in [-0.25, -0.2) is 0 Å². The third-order valence-electron chi connectivity index (χ3n) is 4.38. The van der Waals surface area contributed by atoms with Crippen LogP contribution < -0.4 is 9.64 Å². The van der Waals surface area contributed by atoms with E-state index >= 15 is 0 Å². The molecule has 10 heteroatoms. The van der Waals surface area contributed by atoms with Gasteiger partial charge in [0.2, 0.25) is 5.91 Å². The Kier molecular flexibility index (Phi) is 5.97. The van der Waals surface area contributed by atoms with Crippen molar-refractivity contribution in [1.82, 2.24) is 14.9 Å². The second-order valence-corrected chi connectivity index (χ2v) is 8.06. The highest BCUT2D eigenvalue weighted by Gasteiger charge is 2.34. The number of thiophene rings is 1. The van der Waals surface area contributed by atoms with Crippen LogP contribution >= 0.6 is 11.3 Å². The average molecular weight is 416 g/mol. The quantitative estimate of drug-likeness (QED) is 0.745. The molecule has 1 fully saturated rings. The Balaban J connectivity index is 1.81. The molecule has 1 saturated heterocycles. The van der Waals surface area contributed by atoms with Gasteiger partial charge in [-0.05, 0) is 26.3 Å². The number of amides is 1. The van der Waals surface area contributed by atoms with Crippen LogP contribution in [0.1, 0.15) is 32.1 Å². The fraction of sp³-hybridized carbons (Fsp3) is 0.611. The van der Waals surface area contributed by atoms with Crippen molar-refractivity contribution in [3.63, 3.8) is 0 Å². The van der Waals surface area contributed by atoms with Gasteiger partial charge in [0.25, 0.3) is 0 Å². The second kappa shape index (κ2) is 8.10. The molecule has 0 unspecified atom stereocenters. The van der Waals surface area contributed by atoms with Crippen molar-refractivity contribution in [3.8, 4) is 6.01 Å². The van der Waals surface area contributed by atoms with E-state index in [1.54, 1.807) is 11.3 Å². The molecular formula is C18H23F3N4O2S. The normalized spacial score (nSPS) is 15.5. The summed E-state index contributed by atoms with van der Waals surface area (Å²) in [7, 11) is 0. The lowest BCUT2D eigenvalue weighted by atomic mass is 10.2. The molecule has 1 aliphatic rings. The molecule has 2 aromatic rings. The fourth-order valence-electron chi connectivity index (χ4n) is 3.07. The van der Waals surface area contributed by atoms with Crippen LogP contribution in [0.25, 0.3) is 10.2 Å². The summed E-state index contributed by atoms with van der Waals surface area (Å²) in [5, 5.41) is 0.910. The van der Waals surface area contributed by atoms with Crippen LogP contribution in [0.2, 0.25) is 0 Å². The van der Waals surface area contributed by atoms with E-state index in [2.05, 4.69) is 23.0 Å². The minimum atomic E-state index is -4.48. The maximum atomic E-state index is 12.5. The van der Waals surface area contributed by atoms with Crippen molar-refractivity contribution in [1.29, 1.82) is 0 Å². The third kappa shape index (κ3) is 4.84. The molecule has 0 bridgehead atoms. The smallest absolute Gasteiger partial charge is 0.397 e. The number of aryl methyl sites for hydroxylation is 1. The van der Waals surface area contributed by atoms with E-state index in [0.717, 1.165) is 16.6 Å². The van der Waals surface area contributed by atoms with Gasteiger partial charge >= 0.3 is 12.2 Å². The number of fused-ring (bicyclic) bond motifs is 1. The number of halogens is 3. The van der Waals surface area contributed by atoms with Gasteiger partial charge in [0.05, 0.1) is 11.5 Å². The van der Waals surface area contributed by atoms with E-state index in [1.165, 1.54) is 9.78 Å². The summed E-state index contributed by atoms with van der Waals surface area (Å²) >= 11 is 1.58. The molecule has 28 heavy (non-hydrogen) atoms. The Hall–Kier alpha value is -2.10. The van der Waals surface area contributed by atoms with Crippen LogP contribution in [0.5, 0.6) is 6.01 Å². The van der Waals surface area contributed by atoms with Crippen molar-refractivity contribution in [2.45, 2.75) is 45.9 Å². The molecule has 0 spiro atoms. The van der Waals surface area contributed by atoms with Crippen molar-refractivity contribution in [3.05, 3.63) is 10.9 Å². The van der Waals surface area contributed by atoms with Crippen LogP contribution in [-0.2, 0) is 11.2 Å². The minimum Gasteiger partial charge on any atom is -0.461 e. The number of hydrogen-bond acceptors (Lipinski definition) is 6. The topological polar surface area (TPSA) is 58.6 Å². The van der Waals surface area contributed by atoms with Crippen molar-refractivity contribution >= 4 is 33.3 Å². The van der Waals surface area contributed by atoms with Crippen molar-refractivity contribution in [2.24, 2.45) is 0 Å². The van der Waals surface area contributed by atoms with Crippen LogP contribution in [0.3, 0.4) is 0 Å². The van der Waals surface area contributed by atoms with Crippen LogP contribution in [0.15, 0.2) is 6.07 Å². The lowest BCUT2D eigenvalue weighted by molar-refractivity contribution is -0.161. The highest BCUT2D eigenvalue weighted by Crippen LogP contribution is 2.33. The molecule has 1 aliphatic heterocycles. The number of carbonyl (C=O) groups excluding carboxylic acids is 1. The first-order chi connectivity index (χ1) is 13.2. The number of nitrogens with zero attached hydrogens (tertiary/aromatic N) is 4. The van der Waals surface area contributed by atoms with Crippen molar-refractivity contribution < 1.29 is 22.7 Å². The number of anilines is 1. The van der Waals surface area contributed by atoms with Crippen LogP contribution in [0.4, 0.5) is 19.0 Å². The lowest BCUT2D eigenvalue weighted by Crippen LogP contribution is -2.49. The number of rotatable bonds is 5. The molecular weight excluding hydrogens is 393 g/mol. The molecule has 1 amide bonds. The first-order valence-electron chi connectivity index (χ1n) is 9.23. The number of ether oxygens (including phenoxy) is 1. The summed E-state index contributed by atoms with van der Waals surface area (Å²) < 4.78 is 43.1. The molecule has 6 nitrogen and oxygen atoms in total. The van der Waals surface area contributed by atoms with Gasteiger partial charge in [-0.1, -0.05) is 6.92 Å². The number of piperazine rings is 1. The molecule has 3 heterocycles. The molecule has 0 aliphatic carbocycles. The number of aromatic nitrogens is 2. The Morgan fingerprint density at radius 3 is 2.50 bits per heavy atom. The monoisotopic (exact) mass is 416 g/mol. The van der Waals surface area contributed by atoms with Crippen LogP contribution in [-0.4, -0.2) is 59.2 Å². The van der Waals surface area contributed by atoms with Crippen LogP contribution in [0, 0.1) is 0 Å². The first kappa shape index (κ1) is 20.6. The molecule has 0 N–H and O–H groups in total. The highest BCUT2D eigenvalue weighted by atomic mass is 32.1. The van der Waals surface area contributed by atoms with Gasteiger partial charge in [0.1, 0.15) is 17.1 Å². The molecule has 0 aromatic carbocycles. The third-order valence-corrected chi connectivity index (χ3v) is 5.55. The van der Waals surface area contributed by atoms with Gasteiger partial charge < -0.3 is 14.5 Å². The molecule has 0 atom stereocenters. The first-order valence-corrected chi connectivity index (χ1v) is 10.0. The Labute approximate surface area is 165 Å². The maximum absolute atomic E-state index is 12.5. The molecule has 3 rings (SSSR count).